The zero-order chi connectivity index (χ0) is 11.0. The number of nitrogens with zero attached hydrogens (tertiary/aromatic N) is 2. The summed E-state index contributed by atoms with van der Waals surface area (Å²) >= 11 is 0. The Hall–Kier alpha value is -0.340. The number of allylic oxidation sites excluding steroid dienone is 2. The standard InChI is InChI=1S/C14H24N2/c1-15-5-2-6-16(8-7-15)11-14-10-12-3-4-13(14)9-12/h3-4,12-14H,2,5-11H2,1H3/t12-,13+,14+/m1/s1. The Balaban J connectivity index is 1.53. The molecule has 1 heterocycles. The van der Waals surface area contributed by atoms with Crippen molar-refractivity contribution < 1.29 is 0 Å². The van der Waals surface area contributed by atoms with Crippen LogP contribution in [0.2, 0.25) is 0 Å². The van der Waals surface area contributed by atoms with Crippen molar-refractivity contribution in [3.63, 3.8) is 0 Å². The van der Waals surface area contributed by atoms with Crippen LogP contribution in [0.4, 0.5) is 0 Å². The molecule has 0 aromatic rings. The van der Waals surface area contributed by atoms with Crippen LogP contribution in [0.5, 0.6) is 0 Å². The van der Waals surface area contributed by atoms with Crippen molar-refractivity contribution in [2.24, 2.45) is 17.8 Å². The van der Waals surface area contributed by atoms with Gasteiger partial charge in [-0.3, -0.25) is 0 Å². The van der Waals surface area contributed by atoms with Gasteiger partial charge in [-0.25, -0.2) is 0 Å². The smallest absolute Gasteiger partial charge is 0.0109 e. The van der Waals surface area contributed by atoms with Crippen molar-refractivity contribution >= 4 is 0 Å². The molecule has 16 heavy (non-hydrogen) atoms. The van der Waals surface area contributed by atoms with E-state index in [1.807, 2.05) is 0 Å². The van der Waals surface area contributed by atoms with E-state index in [0.717, 1.165) is 17.8 Å². The lowest BCUT2D eigenvalue weighted by molar-refractivity contribution is 0.219. The third-order valence-corrected chi connectivity index (χ3v) is 4.72. The summed E-state index contributed by atoms with van der Waals surface area (Å²) in [5.74, 6) is 2.83. The highest BCUT2D eigenvalue weighted by molar-refractivity contribution is 5.10. The molecule has 2 bridgehead atoms. The molecule has 3 rings (SSSR count). The molecule has 2 aliphatic carbocycles. The highest BCUT2D eigenvalue weighted by atomic mass is 15.2. The minimum atomic E-state index is 0.922. The maximum atomic E-state index is 2.71. The van der Waals surface area contributed by atoms with E-state index in [2.05, 4.69) is 29.0 Å². The Morgan fingerprint density at radius 3 is 2.75 bits per heavy atom. The Labute approximate surface area is 99.3 Å². The van der Waals surface area contributed by atoms with Crippen LogP contribution in [0.1, 0.15) is 19.3 Å². The molecule has 0 spiro atoms. The van der Waals surface area contributed by atoms with Gasteiger partial charge in [0.1, 0.15) is 0 Å². The zero-order valence-electron chi connectivity index (χ0n) is 10.4. The molecule has 0 aromatic heterocycles. The van der Waals surface area contributed by atoms with Crippen LogP contribution in [0.3, 0.4) is 0 Å². The number of fused-ring (bicyclic) bond motifs is 2. The summed E-state index contributed by atoms with van der Waals surface area (Å²) in [6, 6.07) is 0. The largest absolute Gasteiger partial charge is 0.305 e. The summed E-state index contributed by atoms with van der Waals surface area (Å²) in [4.78, 5) is 5.18. The molecule has 2 fully saturated rings. The number of hydrogen-bond acceptors (Lipinski definition) is 2. The van der Waals surface area contributed by atoms with E-state index in [1.54, 1.807) is 0 Å². The van der Waals surface area contributed by atoms with Crippen LogP contribution >= 0.6 is 0 Å². The average molecular weight is 220 g/mol. The van der Waals surface area contributed by atoms with Gasteiger partial charge >= 0.3 is 0 Å². The summed E-state index contributed by atoms with van der Waals surface area (Å²) in [6.07, 6.45) is 9.22. The lowest BCUT2D eigenvalue weighted by Crippen LogP contribution is -2.34. The van der Waals surface area contributed by atoms with Crippen molar-refractivity contribution in [1.29, 1.82) is 0 Å². The van der Waals surface area contributed by atoms with Gasteiger partial charge in [0, 0.05) is 19.6 Å². The van der Waals surface area contributed by atoms with Crippen molar-refractivity contribution in [2.75, 3.05) is 39.8 Å². The van der Waals surface area contributed by atoms with Crippen LogP contribution < -0.4 is 0 Å². The fourth-order valence-corrected chi connectivity index (χ4v) is 3.72. The fraction of sp³-hybridized carbons (Fsp3) is 0.857. The third-order valence-electron chi connectivity index (χ3n) is 4.72. The molecule has 1 saturated carbocycles. The van der Waals surface area contributed by atoms with Crippen LogP contribution in [0, 0.1) is 17.8 Å². The third kappa shape index (κ3) is 2.18. The van der Waals surface area contributed by atoms with Gasteiger partial charge in [-0.15, -0.1) is 0 Å². The monoisotopic (exact) mass is 220 g/mol. The molecule has 1 aliphatic heterocycles. The summed E-state index contributed by atoms with van der Waals surface area (Å²) in [6.45, 7) is 6.51. The fourth-order valence-electron chi connectivity index (χ4n) is 3.72. The molecule has 0 N–H and O–H groups in total. The van der Waals surface area contributed by atoms with Crippen molar-refractivity contribution in [1.82, 2.24) is 9.80 Å². The molecule has 3 atom stereocenters. The van der Waals surface area contributed by atoms with E-state index in [9.17, 15) is 0 Å². The van der Waals surface area contributed by atoms with Gasteiger partial charge in [-0.1, -0.05) is 12.2 Å². The second-order valence-electron chi connectivity index (χ2n) is 6.00. The van der Waals surface area contributed by atoms with Gasteiger partial charge in [0.2, 0.25) is 0 Å². The van der Waals surface area contributed by atoms with E-state index in [-0.39, 0.29) is 0 Å². The van der Waals surface area contributed by atoms with Crippen molar-refractivity contribution in [3.8, 4) is 0 Å². The predicted molar refractivity (Wildman–Crippen MR) is 67.4 cm³/mol. The van der Waals surface area contributed by atoms with E-state index in [1.165, 1.54) is 52.0 Å². The van der Waals surface area contributed by atoms with E-state index in [4.69, 9.17) is 0 Å². The quantitative estimate of drug-likeness (QED) is 0.655. The van der Waals surface area contributed by atoms with Gasteiger partial charge in [0.05, 0.1) is 0 Å². The van der Waals surface area contributed by atoms with Gasteiger partial charge < -0.3 is 9.80 Å². The first-order chi connectivity index (χ1) is 7.81. The average Bonchev–Trinajstić information content (AvgIpc) is 2.81. The van der Waals surface area contributed by atoms with Gasteiger partial charge in [-0.2, -0.15) is 0 Å². The first-order valence-corrected chi connectivity index (χ1v) is 6.90. The van der Waals surface area contributed by atoms with Crippen LogP contribution in [0.25, 0.3) is 0 Å². The molecule has 3 aliphatic rings. The maximum Gasteiger partial charge on any atom is 0.0109 e. The molecule has 0 radical (unpaired) electrons. The summed E-state index contributed by atoms with van der Waals surface area (Å²) in [5, 5.41) is 0. The molecule has 90 valence electrons. The SMILES string of the molecule is CN1CCCN(C[C@@H]2C[C@@H]3C=C[C@H]2C3)CC1. The number of likely N-dealkylation sites (N-methyl/N-ethyl adjacent to an activating group) is 1. The first-order valence-electron chi connectivity index (χ1n) is 6.90. The van der Waals surface area contributed by atoms with Crippen LogP contribution in [0.15, 0.2) is 12.2 Å². The number of hydrogen-bond donors (Lipinski definition) is 0. The van der Waals surface area contributed by atoms with E-state index < -0.39 is 0 Å². The van der Waals surface area contributed by atoms with Crippen molar-refractivity contribution in [2.45, 2.75) is 19.3 Å². The lowest BCUT2D eigenvalue weighted by atomic mass is 9.93. The lowest BCUT2D eigenvalue weighted by Gasteiger charge is -2.27. The second kappa shape index (κ2) is 4.50. The molecular formula is C14H24N2. The van der Waals surface area contributed by atoms with Gasteiger partial charge in [-0.05, 0) is 57.2 Å². The predicted octanol–water partition coefficient (Wildman–Crippen LogP) is 1.84. The molecule has 2 heteroatoms. The molecule has 0 unspecified atom stereocenters. The Morgan fingerprint density at radius 1 is 1.06 bits per heavy atom. The normalized spacial score (nSPS) is 40.4. The Morgan fingerprint density at radius 2 is 2.00 bits per heavy atom. The first kappa shape index (κ1) is 10.8. The van der Waals surface area contributed by atoms with E-state index in [0.29, 0.717) is 0 Å². The van der Waals surface area contributed by atoms with Crippen LogP contribution in [-0.4, -0.2) is 49.6 Å². The summed E-state index contributed by atoms with van der Waals surface area (Å²) < 4.78 is 0. The number of rotatable bonds is 2. The van der Waals surface area contributed by atoms with E-state index >= 15 is 0 Å². The Kier molecular flexibility index (Phi) is 3.03. The van der Waals surface area contributed by atoms with Crippen molar-refractivity contribution in [3.05, 3.63) is 12.2 Å². The van der Waals surface area contributed by atoms with Gasteiger partial charge in [0.25, 0.3) is 0 Å². The minimum Gasteiger partial charge on any atom is -0.305 e. The molecule has 1 saturated heterocycles. The maximum absolute atomic E-state index is 2.71. The minimum absolute atomic E-state index is 0.922. The van der Waals surface area contributed by atoms with Crippen LogP contribution in [-0.2, 0) is 0 Å². The molecule has 0 aromatic carbocycles. The zero-order valence-corrected chi connectivity index (χ0v) is 10.4. The molecule has 0 amide bonds. The topological polar surface area (TPSA) is 6.48 Å². The Bertz CT molecular complexity index is 274. The highest BCUT2D eigenvalue weighted by Gasteiger charge is 2.36. The summed E-state index contributed by atoms with van der Waals surface area (Å²) in [7, 11) is 2.25. The summed E-state index contributed by atoms with van der Waals surface area (Å²) in [5.41, 5.74) is 0. The van der Waals surface area contributed by atoms with Gasteiger partial charge in [0.15, 0.2) is 0 Å². The molecule has 2 nitrogen and oxygen atoms in total. The highest BCUT2D eigenvalue weighted by Crippen LogP contribution is 2.43. The second-order valence-corrected chi connectivity index (χ2v) is 6.00. The molecular weight excluding hydrogens is 196 g/mol.